The fraction of sp³-hybridized carbons (Fsp3) is 0.842. The van der Waals surface area contributed by atoms with E-state index in [2.05, 4.69) is 28.6 Å². The van der Waals surface area contributed by atoms with Gasteiger partial charge in [0.25, 0.3) is 0 Å². The van der Waals surface area contributed by atoms with Crippen molar-refractivity contribution in [2.24, 2.45) is 17.6 Å². The number of Topliss-reactive ketones (excluding diaryl/α,β-unsaturated/α-hetero) is 1. The minimum atomic E-state index is -0.241. The van der Waals surface area contributed by atoms with Gasteiger partial charge in [0.05, 0.1) is 12.6 Å². The minimum Gasteiger partial charge on any atom is -0.372 e. The van der Waals surface area contributed by atoms with Gasteiger partial charge in [0, 0.05) is 12.0 Å². The highest BCUT2D eigenvalue weighted by Crippen LogP contribution is 2.04. The van der Waals surface area contributed by atoms with Crippen LogP contribution in [-0.2, 0) is 14.4 Å². The maximum absolute atomic E-state index is 12.0. The van der Waals surface area contributed by atoms with Crippen LogP contribution in [0.25, 0.3) is 0 Å². The van der Waals surface area contributed by atoms with Crippen LogP contribution < -0.4 is 21.7 Å². The van der Waals surface area contributed by atoms with Gasteiger partial charge in [-0.05, 0) is 32.4 Å². The van der Waals surface area contributed by atoms with E-state index in [0.717, 1.165) is 13.0 Å². The molecule has 7 heteroatoms. The van der Waals surface area contributed by atoms with Gasteiger partial charge in [-0.3, -0.25) is 14.4 Å². The molecule has 2 amide bonds. The number of carbonyl (C=O) groups is 3. The number of ketones is 1. The average Bonchev–Trinajstić information content (AvgIpc) is 2.58. The van der Waals surface area contributed by atoms with E-state index in [1.807, 2.05) is 48.6 Å². The van der Waals surface area contributed by atoms with Crippen molar-refractivity contribution in [3.05, 3.63) is 0 Å². The second kappa shape index (κ2) is 19.8. The summed E-state index contributed by atoms with van der Waals surface area (Å²) in [5.41, 5.74) is 4.17. The molecule has 0 aromatic rings. The van der Waals surface area contributed by atoms with Gasteiger partial charge in [0.1, 0.15) is 0 Å². The van der Waals surface area contributed by atoms with Crippen molar-refractivity contribution in [1.82, 2.24) is 16.0 Å². The van der Waals surface area contributed by atoms with Gasteiger partial charge < -0.3 is 21.7 Å². The predicted octanol–water partition coefficient (Wildman–Crippen LogP) is 1.46. The number of nitrogens with one attached hydrogen (secondary N) is 3. The van der Waals surface area contributed by atoms with Crippen LogP contribution in [0.2, 0.25) is 0 Å². The third-order valence-electron chi connectivity index (χ3n) is 3.56. The average molecular weight is 375 g/mol. The monoisotopic (exact) mass is 374 g/mol. The molecule has 26 heavy (non-hydrogen) atoms. The van der Waals surface area contributed by atoms with Crippen LogP contribution in [0, 0.1) is 11.8 Å². The molecule has 7 nitrogen and oxygen atoms in total. The molecule has 2 atom stereocenters. The number of hydrogen-bond acceptors (Lipinski definition) is 5. The zero-order valence-electron chi connectivity index (χ0n) is 18.0. The summed E-state index contributed by atoms with van der Waals surface area (Å²) < 4.78 is 0. The van der Waals surface area contributed by atoms with Gasteiger partial charge in [0.15, 0.2) is 5.78 Å². The lowest BCUT2D eigenvalue weighted by atomic mass is 10.0. The first-order chi connectivity index (χ1) is 12.1. The molecule has 156 valence electrons. The Morgan fingerprint density at radius 1 is 1.08 bits per heavy atom. The molecule has 2 unspecified atom stereocenters. The molecule has 0 fully saturated rings. The zero-order valence-corrected chi connectivity index (χ0v) is 18.0. The second-order valence-corrected chi connectivity index (χ2v) is 6.78. The van der Waals surface area contributed by atoms with Crippen LogP contribution in [0.3, 0.4) is 0 Å². The maximum atomic E-state index is 12.0. The molecule has 0 spiro atoms. The van der Waals surface area contributed by atoms with E-state index in [4.69, 9.17) is 4.79 Å². The largest absolute Gasteiger partial charge is 0.372 e. The van der Waals surface area contributed by atoms with Crippen molar-refractivity contribution < 1.29 is 14.4 Å². The molecule has 0 bridgehead atoms. The van der Waals surface area contributed by atoms with Crippen molar-refractivity contribution in [2.45, 2.75) is 73.4 Å². The Labute approximate surface area is 160 Å². The summed E-state index contributed by atoms with van der Waals surface area (Å²) in [4.78, 5) is 32.3. The summed E-state index contributed by atoms with van der Waals surface area (Å²) in [7, 11) is 1.96. The Balaban J connectivity index is -0.000000553. The molecule has 0 radical (unpaired) electrons. The molecule has 0 aliphatic rings. The zero-order chi connectivity index (χ0) is 21.1. The fourth-order valence-electron chi connectivity index (χ4n) is 1.87. The lowest BCUT2D eigenvalue weighted by Crippen LogP contribution is -2.51. The van der Waals surface area contributed by atoms with Gasteiger partial charge in [-0.2, -0.15) is 0 Å². The van der Waals surface area contributed by atoms with E-state index in [0.29, 0.717) is 0 Å². The van der Waals surface area contributed by atoms with Crippen LogP contribution in [0.4, 0.5) is 0 Å². The van der Waals surface area contributed by atoms with E-state index in [9.17, 15) is 9.59 Å². The molecule has 0 saturated carbocycles. The minimum absolute atomic E-state index is 0.0147. The van der Waals surface area contributed by atoms with Gasteiger partial charge >= 0.3 is 0 Å². The first-order valence-electron chi connectivity index (χ1n) is 9.49. The normalized spacial score (nSPS) is 12.2. The van der Waals surface area contributed by atoms with Gasteiger partial charge in [-0.1, -0.05) is 48.5 Å². The standard InChI is InChI=1S/C14H28N2O2.C4H11N.CH3NO/c1-7-11(6)12(17)8-15-14(18)13(9(2)3)16-10(4)5;1-3-4-5-2;2-1-3/h9-11,13,16H,7-8H2,1-6H3,(H,15,18);5H,3-4H2,1-2H3;1H,(H2,2,3). The van der Waals surface area contributed by atoms with E-state index in [-0.39, 0.29) is 48.6 Å². The third-order valence-corrected chi connectivity index (χ3v) is 3.56. The van der Waals surface area contributed by atoms with Crippen LogP contribution in [0.15, 0.2) is 0 Å². The highest BCUT2D eigenvalue weighted by atomic mass is 16.2. The summed E-state index contributed by atoms with van der Waals surface area (Å²) in [6.45, 7) is 15.3. The molecule has 0 aromatic heterocycles. The van der Waals surface area contributed by atoms with Crippen molar-refractivity contribution in [2.75, 3.05) is 20.1 Å². The molecule has 0 saturated heterocycles. The summed E-state index contributed by atoms with van der Waals surface area (Å²) in [6, 6.07) is 0.00292. The molecule has 0 aliphatic carbocycles. The molecular weight excluding hydrogens is 332 g/mol. The quantitative estimate of drug-likeness (QED) is 0.432. The van der Waals surface area contributed by atoms with E-state index in [1.165, 1.54) is 6.42 Å². The van der Waals surface area contributed by atoms with Crippen molar-refractivity contribution in [3.63, 3.8) is 0 Å². The third kappa shape index (κ3) is 18.9. The van der Waals surface area contributed by atoms with E-state index in [1.54, 1.807) is 0 Å². The van der Waals surface area contributed by atoms with Crippen LogP contribution in [-0.4, -0.2) is 50.3 Å². The van der Waals surface area contributed by atoms with Crippen molar-refractivity contribution in [1.29, 1.82) is 0 Å². The van der Waals surface area contributed by atoms with Gasteiger partial charge in [0.2, 0.25) is 12.3 Å². The number of primary amides is 1. The Morgan fingerprint density at radius 3 is 1.85 bits per heavy atom. The smallest absolute Gasteiger partial charge is 0.237 e. The maximum Gasteiger partial charge on any atom is 0.237 e. The number of hydrogen-bond donors (Lipinski definition) is 4. The Morgan fingerprint density at radius 2 is 1.58 bits per heavy atom. The lowest BCUT2D eigenvalue weighted by molar-refractivity contribution is -0.128. The molecule has 0 rings (SSSR count). The van der Waals surface area contributed by atoms with Gasteiger partial charge in [-0.25, -0.2) is 0 Å². The van der Waals surface area contributed by atoms with Gasteiger partial charge in [-0.15, -0.1) is 0 Å². The SMILES string of the molecule is CCC(C)C(=O)CNC(=O)C(NC(C)C)C(C)C.CCCNC.NC=O. The summed E-state index contributed by atoms with van der Waals surface area (Å²) in [5, 5.41) is 8.97. The highest BCUT2D eigenvalue weighted by Gasteiger charge is 2.23. The number of amides is 2. The summed E-state index contributed by atoms with van der Waals surface area (Å²) >= 11 is 0. The number of carbonyl (C=O) groups excluding carboxylic acids is 3. The number of rotatable bonds is 10. The molecule has 5 N–H and O–H groups in total. The lowest BCUT2D eigenvalue weighted by Gasteiger charge is -2.24. The fourth-order valence-corrected chi connectivity index (χ4v) is 1.87. The van der Waals surface area contributed by atoms with E-state index < -0.39 is 0 Å². The first-order valence-corrected chi connectivity index (χ1v) is 9.49. The molecular formula is C19H42N4O3. The van der Waals surface area contributed by atoms with E-state index >= 15 is 0 Å². The summed E-state index contributed by atoms with van der Waals surface area (Å²) in [6.07, 6.45) is 2.29. The number of nitrogens with two attached hydrogens (primary N) is 1. The highest BCUT2D eigenvalue weighted by molar-refractivity contribution is 5.89. The Kier molecular flexibility index (Phi) is 22.4. The topological polar surface area (TPSA) is 113 Å². The Hall–Kier alpha value is -1.47. The van der Waals surface area contributed by atoms with Crippen LogP contribution >= 0.6 is 0 Å². The molecule has 0 heterocycles. The second-order valence-electron chi connectivity index (χ2n) is 6.78. The predicted molar refractivity (Wildman–Crippen MR) is 109 cm³/mol. The first kappa shape index (κ1) is 29.3. The van der Waals surface area contributed by atoms with Crippen molar-refractivity contribution in [3.8, 4) is 0 Å². The molecule has 0 aliphatic heterocycles. The van der Waals surface area contributed by atoms with Crippen LogP contribution in [0.5, 0.6) is 0 Å². The van der Waals surface area contributed by atoms with Crippen LogP contribution in [0.1, 0.15) is 61.3 Å². The Bertz CT molecular complexity index is 359. The molecule has 0 aromatic carbocycles. The summed E-state index contributed by atoms with van der Waals surface area (Å²) in [5.74, 6) is 0.222. The van der Waals surface area contributed by atoms with Crippen molar-refractivity contribution >= 4 is 18.1 Å².